The van der Waals surface area contributed by atoms with Gasteiger partial charge < -0.3 is 10.6 Å². The molecule has 1 saturated heterocycles. The fourth-order valence-corrected chi connectivity index (χ4v) is 4.28. The largest absolute Gasteiger partial charge is 0.395 e. The maximum Gasteiger partial charge on any atom is 0.395 e. The first-order chi connectivity index (χ1) is 14.6. The molecule has 2 aliphatic rings. The number of nitrogens with two attached hydrogens (primary N) is 1. The zero-order chi connectivity index (χ0) is 22.4. The molecule has 0 spiro atoms. The molecule has 168 valence electrons. The quantitative estimate of drug-likeness (QED) is 0.719. The summed E-state index contributed by atoms with van der Waals surface area (Å²) in [5.41, 5.74) is 5.20. The molecular weight excluding hydrogens is 412 g/mol. The highest BCUT2D eigenvalue weighted by atomic mass is 19.4. The Morgan fingerprint density at radius 3 is 2.74 bits per heavy atom. The lowest BCUT2D eigenvalue weighted by Crippen LogP contribution is -2.55. The van der Waals surface area contributed by atoms with Crippen molar-refractivity contribution in [2.75, 3.05) is 24.5 Å². The van der Waals surface area contributed by atoms with Crippen LogP contribution in [0.1, 0.15) is 33.1 Å². The van der Waals surface area contributed by atoms with Crippen molar-refractivity contribution in [3.8, 4) is 11.4 Å². The number of fused-ring (bicyclic) bond motifs is 1. The molecule has 0 saturated carbocycles. The molecule has 0 aromatic carbocycles. The smallest absolute Gasteiger partial charge is 0.356 e. The minimum absolute atomic E-state index is 0.102. The molecular formula is C21H26F4N6. The number of pyridine rings is 1. The topological polar surface area (TPSA) is 83.2 Å². The standard InChI is InChI=1S/C21H26F4N6/c1-20(2,21(23,24)25)18(26)12-5-4-10-31(11-12)15-8-7-14(22)17(28-15)16-13-6-3-9-27-19(13)30-29-16/h6-8,12,18H,3-5,9-11,26H2,1-2H3,(H,27,30). The van der Waals surface area contributed by atoms with Gasteiger partial charge in [0.1, 0.15) is 17.2 Å². The minimum atomic E-state index is -4.39. The zero-order valence-corrected chi connectivity index (χ0v) is 17.5. The van der Waals surface area contributed by atoms with Crippen molar-refractivity contribution in [3.63, 3.8) is 0 Å². The maximum atomic E-state index is 14.6. The molecule has 4 heterocycles. The lowest BCUT2D eigenvalue weighted by atomic mass is 9.74. The van der Waals surface area contributed by atoms with Crippen LogP contribution in [0.5, 0.6) is 0 Å². The number of halogens is 4. The minimum Gasteiger partial charge on any atom is -0.356 e. The number of piperidine rings is 1. The van der Waals surface area contributed by atoms with Crippen molar-refractivity contribution in [1.82, 2.24) is 15.2 Å². The Labute approximate surface area is 177 Å². The molecule has 0 aliphatic carbocycles. The molecule has 0 bridgehead atoms. The molecule has 3 N–H and O–H groups in total. The van der Waals surface area contributed by atoms with Gasteiger partial charge in [-0.2, -0.15) is 18.3 Å². The highest BCUT2D eigenvalue weighted by Gasteiger charge is 2.53. The van der Waals surface area contributed by atoms with E-state index in [-0.39, 0.29) is 11.6 Å². The molecule has 31 heavy (non-hydrogen) atoms. The van der Waals surface area contributed by atoms with Gasteiger partial charge >= 0.3 is 6.18 Å². The summed E-state index contributed by atoms with van der Waals surface area (Å²) < 4.78 is 55.1. The Hall–Kier alpha value is -2.49. The fraction of sp³-hybridized carbons (Fsp3) is 0.571. The van der Waals surface area contributed by atoms with Crippen molar-refractivity contribution < 1.29 is 17.6 Å². The average Bonchev–Trinajstić information content (AvgIpc) is 3.17. The van der Waals surface area contributed by atoms with E-state index in [9.17, 15) is 17.6 Å². The third-order valence-corrected chi connectivity index (χ3v) is 6.44. The van der Waals surface area contributed by atoms with E-state index in [1.165, 1.54) is 6.07 Å². The van der Waals surface area contributed by atoms with E-state index in [1.807, 2.05) is 11.0 Å². The molecule has 2 aliphatic heterocycles. The van der Waals surface area contributed by atoms with Gasteiger partial charge in [-0.3, -0.25) is 10.1 Å². The van der Waals surface area contributed by atoms with Crippen LogP contribution in [-0.2, 0) is 0 Å². The zero-order valence-electron chi connectivity index (χ0n) is 17.5. The molecule has 2 atom stereocenters. The summed E-state index contributed by atoms with van der Waals surface area (Å²) in [5.74, 6) is -0.367. The summed E-state index contributed by atoms with van der Waals surface area (Å²) in [7, 11) is 0. The Morgan fingerprint density at radius 1 is 1.23 bits per heavy atom. The number of nitrogens with zero attached hydrogens (tertiary/aromatic N) is 4. The van der Waals surface area contributed by atoms with Crippen LogP contribution < -0.4 is 21.3 Å². The van der Waals surface area contributed by atoms with E-state index in [4.69, 9.17) is 5.73 Å². The fourth-order valence-electron chi connectivity index (χ4n) is 4.28. The Balaban J connectivity index is 1.62. The summed E-state index contributed by atoms with van der Waals surface area (Å²) in [4.78, 5) is 10.7. The van der Waals surface area contributed by atoms with Gasteiger partial charge in [-0.25, -0.2) is 9.37 Å². The molecule has 2 aromatic rings. The molecule has 6 nitrogen and oxygen atoms in total. The van der Waals surface area contributed by atoms with Gasteiger partial charge in [0.05, 0.1) is 5.41 Å². The van der Waals surface area contributed by atoms with Crippen molar-refractivity contribution >= 4 is 11.9 Å². The highest BCUT2D eigenvalue weighted by molar-refractivity contribution is 5.60. The first kappa shape index (κ1) is 21.7. The van der Waals surface area contributed by atoms with Gasteiger partial charge in [0.15, 0.2) is 11.3 Å². The van der Waals surface area contributed by atoms with E-state index in [1.54, 1.807) is 6.07 Å². The molecule has 2 aromatic heterocycles. The number of aromatic amines is 1. The number of aromatic nitrogens is 3. The third-order valence-electron chi connectivity index (χ3n) is 6.44. The Morgan fingerprint density at radius 2 is 2.00 bits per heavy atom. The number of anilines is 1. The van der Waals surface area contributed by atoms with Gasteiger partial charge in [0.25, 0.3) is 0 Å². The lowest BCUT2D eigenvalue weighted by molar-refractivity contribution is -0.222. The highest BCUT2D eigenvalue weighted by Crippen LogP contribution is 2.43. The van der Waals surface area contributed by atoms with Crippen molar-refractivity contribution in [2.24, 2.45) is 22.1 Å². The van der Waals surface area contributed by atoms with Gasteiger partial charge in [-0.05, 0) is 51.2 Å². The van der Waals surface area contributed by atoms with E-state index in [2.05, 4.69) is 20.2 Å². The number of hydrogen-bond donors (Lipinski definition) is 2. The van der Waals surface area contributed by atoms with Gasteiger partial charge in [0.2, 0.25) is 0 Å². The van der Waals surface area contributed by atoms with Crippen LogP contribution in [0.3, 0.4) is 0 Å². The van der Waals surface area contributed by atoms with Crippen LogP contribution in [0.25, 0.3) is 17.5 Å². The van der Waals surface area contributed by atoms with E-state index < -0.39 is 23.5 Å². The number of hydrogen-bond acceptors (Lipinski definition) is 5. The van der Waals surface area contributed by atoms with Crippen LogP contribution in [0.4, 0.5) is 23.4 Å². The molecule has 10 heteroatoms. The monoisotopic (exact) mass is 438 g/mol. The molecule has 4 rings (SSSR count). The SMILES string of the molecule is CC(C)(C(N)C1CCCN(c2ccc(F)c(-c3n[nH]c4c3=CCCN=4)n2)C1)C(F)(F)F. The van der Waals surface area contributed by atoms with Crippen LogP contribution in [0.2, 0.25) is 0 Å². The second-order valence-electron chi connectivity index (χ2n) is 8.80. The van der Waals surface area contributed by atoms with E-state index in [0.29, 0.717) is 49.5 Å². The van der Waals surface area contributed by atoms with Crippen molar-refractivity contribution in [3.05, 3.63) is 28.7 Å². The predicted octanol–water partition coefficient (Wildman–Crippen LogP) is 2.55. The predicted molar refractivity (Wildman–Crippen MR) is 109 cm³/mol. The van der Waals surface area contributed by atoms with Crippen molar-refractivity contribution in [2.45, 2.75) is 45.3 Å². The number of alkyl halides is 3. The van der Waals surface area contributed by atoms with Crippen LogP contribution in [-0.4, -0.2) is 47.0 Å². The first-order valence-electron chi connectivity index (χ1n) is 10.4. The van der Waals surface area contributed by atoms with Gasteiger partial charge in [0, 0.05) is 30.9 Å². The Kier molecular flexibility index (Phi) is 5.53. The van der Waals surface area contributed by atoms with Crippen molar-refractivity contribution in [1.29, 1.82) is 0 Å². The molecule has 0 radical (unpaired) electrons. The molecule has 1 fully saturated rings. The first-order valence-corrected chi connectivity index (χ1v) is 10.4. The summed E-state index contributed by atoms with van der Waals surface area (Å²) in [5, 5.41) is 7.74. The second-order valence-corrected chi connectivity index (χ2v) is 8.80. The third kappa shape index (κ3) is 3.93. The molecule has 2 unspecified atom stereocenters. The van der Waals surface area contributed by atoms with Gasteiger partial charge in [-0.15, -0.1) is 0 Å². The number of rotatable bonds is 4. The normalized spacial score (nSPS) is 20.6. The summed E-state index contributed by atoms with van der Waals surface area (Å²) in [6.07, 6.45) is -0.415. The average molecular weight is 438 g/mol. The van der Waals surface area contributed by atoms with E-state index in [0.717, 1.165) is 25.5 Å². The second kappa shape index (κ2) is 7.89. The van der Waals surface area contributed by atoms with Crippen LogP contribution in [0.15, 0.2) is 17.1 Å². The number of H-pyrrole nitrogens is 1. The summed E-state index contributed by atoms with van der Waals surface area (Å²) in [6.45, 7) is 3.89. The van der Waals surface area contributed by atoms with Crippen LogP contribution in [0, 0.1) is 17.2 Å². The maximum absolute atomic E-state index is 14.6. The summed E-state index contributed by atoms with van der Waals surface area (Å²) in [6, 6.07) is 1.82. The van der Waals surface area contributed by atoms with E-state index >= 15 is 0 Å². The number of nitrogens with one attached hydrogen (secondary N) is 1. The molecule has 0 amide bonds. The Bertz CT molecular complexity index is 1070. The summed E-state index contributed by atoms with van der Waals surface area (Å²) >= 11 is 0. The lowest BCUT2D eigenvalue weighted by Gasteiger charge is -2.43. The van der Waals surface area contributed by atoms with Gasteiger partial charge in [-0.1, -0.05) is 6.08 Å². The van der Waals surface area contributed by atoms with Crippen LogP contribution >= 0.6 is 0 Å².